The molecule has 1 atom stereocenters. The zero-order valence-corrected chi connectivity index (χ0v) is 18.4. The molecule has 0 aromatic heterocycles. The Balaban J connectivity index is 1.69. The second kappa shape index (κ2) is 9.59. The van der Waals surface area contributed by atoms with Crippen molar-refractivity contribution in [1.29, 1.82) is 0 Å². The van der Waals surface area contributed by atoms with Crippen molar-refractivity contribution in [3.05, 3.63) is 60.2 Å². The van der Waals surface area contributed by atoms with Crippen LogP contribution in [0.4, 0.5) is 5.69 Å². The van der Waals surface area contributed by atoms with Gasteiger partial charge in [-0.2, -0.15) is 4.31 Å². The second-order valence-corrected chi connectivity index (χ2v) is 9.77. The molecule has 162 valence electrons. The van der Waals surface area contributed by atoms with E-state index >= 15 is 0 Å². The van der Waals surface area contributed by atoms with Crippen molar-refractivity contribution in [3.63, 3.8) is 0 Å². The van der Waals surface area contributed by atoms with E-state index in [4.69, 9.17) is 4.74 Å². The first kappa shape index (κ1) is 22.3. The summed E-state index contributed by atoms with van der Waals surface area (Å²) in [6.07, 6.45) is 3.27. The smallest absolute Gasteiger partial charge is 0.247 e. The highest BCUT2D eigenvalue weighted by atomic mass is 32.2. The van der Waals surface area contributed by atoms with Crippen molar-refractivity contribution in [2.75, 3.05) is 38.8 Å². The number of rotatable bonds is 7. The molecule has 1 aliphatic heterocycles. The van der Waals surface area contributed by atoms with Crippen LogP contribution < -0.4 is 10.1 Å². The molecule has 7 nitrogen and oxygen atoms in total. The molecular weight excluding hydrogens is 402 g/mol. The van der Waals surface area contributed by atoms with Crippen LogP contribution in [-0.2, 0) is 14.8 Å². The topological polar surface area (TPSA) is 79.0 Å². The standard InChI is InChI=1S/C22H29N3O4S/c1-24-15-13-20(14-16-24)29-19-11-9-18(10-12-19)23-22(26)21(25(2)30(3,27)28)17-7-5-4-6-8-17/h4-12,20-21H,13-16H2,1-3H3,(H,23,26)/t21-/m1/s1. The van der Waals surface area contributed by atoms with E-state index in [9.17, 15) is 13.2 Å². The molecule has 1 N–H and O–H groups in total. The summed E-state index contributed by atoms with van der Waals surface area (Å²) in [5, 5.41) is 2.82. The Hall–Kier alpha value is -2.42. The van der Waals surface area contributed by atoms with Gasteiger partial charge in [0.25, 0.3) is 0 Å². The van der Waals surface area contributed by atoms with Crippen molar-refractivity contribution < 1.29 is 17.9 Å². The summed E-state index contributed by atoms with van der Waals surface area (Å²) in [5.74, 6) is 0.341. The number of hydrogen-bond acceptors (Lipinski definition) is 5. The average molecular weight is 432 g/mol. The number of anilines is 1. The molecule has 2 aromatic rings. The molecular formula is C22H29N3O4S. The van der Waals surface area contributed by atoms with Crippen LogP contribution in [0.3, 0.4) is 0 Å². The summed E-state index contributed by atoms with van der Waals surface area (Å²) in [4.78, 5) is 15.3. The van der Waals surface area contributed by atoms with Gasteiger partial charge in [-0.3, -0.25) is 4.79 Å². The lowest BCUT2D eigenvalue weighted by Gasteiger charge is -2.29. The molecule has 0 saturated carbocycles. The molecule has 0 unspecified atom stereocenters. The zero-order chi connectivity index (χ0) is 21.7. The Morgan fingerprint density at radius 2 is 1.70 bits per heavy atom. The van der Waals surface area contributed by atoms with Gasteiger partial charge in [0.15, 0.2) is 0 Å². The predicted octanol–water partition coefficient (Wildman–Crippen LogP) is 2.73. The summed E-state index contributed by atoms with van der Waals surface area (Å²) in [7, 11) is -0.0489. The Bertz CT molecular complexity index is 940. The molecule has 0 bridgehead atoms. The van der Waals surface area contributed by atoms with Crippen molar-refractivity contribution >= 4 is 21.6 Å². The van der Waals surface area contributed by atoms with Crippen molar-refractivity contribution in [1.82, 2.24) is 9.21 Å². The van der Waals surface area contributed by atoms with Gasteiger partial charge in [0.1, 0.15) is 17.9 Å². The van der Waals surface area contributed by atoms with E-state index in [0.29, 0.717) is 11.3 Å². The zero-order valence-electron chi connectivity index (χ0n) is 17.6. The largest absolute Gasteiger partial charge is 0.490 e. The van der Waals surface area contributed by atoms with E-state index in [1.165, 1.54) is 7.05 Å². The second-order valence-electron chi connectivity index (χ2n) is 7.73. The molecule has 0 spiro atoms. The van der Waals surface area contributed by atoms with Gasteiger partial charge in [-0.1, -0.05) is 30.3 Å². The quantitative estimate of drug-likeness (QED) is 0.729. The summed E-state index contributed by atoms with van der Waals surface area (Å²) in [6.45, 7) is 2.04. The number of amides is 1. The average Bonchev–Trinajstić information content (AvgIpc) is 2.71. The van der Waals surface area contributed by atoms with Gasteiger partial charge in [0, 0.05) is 25.8 Å². The molecule has 1 heterocycles. The highest BCUT2D eigenvalue weighted by Gasteiger charge is 2.30. The Morgan fingerprint density at radius 3 is 2.27 bits per heavy atom. The molecule has 0 aliphatic carbocycles. The molecule has 1 amide bonds. The third kappa shape index (κ3) is 5.81. The number of nitrogens with zero attached hydrogens (tertiary/aromatic N) is 2. The minimum atomic E-state index is -3.57. The fourth-order valence-electron chi connectivity index (χ4n) is 3.48. The first-order valence-corrected chi connectivity index (χ1v) is 11.8. The summed E-state index contributed by atoms with van der Waals surface area (Å²) in [5.41, 5.74) is 1.18. The fourth-order valence-corrected chi connectivity index (χ4v) is 4.08. The highest BCUT2D eigenvalue weighted by molar-refractivity contribution is 7.88. The molecule has 1 aliphatic rings. The molecule has 0 radical (unpaired) electrons. The third-order valence-corrected chi connectivity index (χ3v) is 6.60. The molecule has 3 rings (SSSR count). The maximum atomic E-state index is 13.0. The number of hydrogen-bond donors (Lipinski definition) is 1. The number of nitrogens with one attached hydrogen (secondary N) is 1. The highest BCUT2D eigenvalue weighted by Crippen LogP contribution is 2.25. The van der Waals surface area contributed by atoms with Crippen molar-refractivity contribution in [2.24, 2.45) is 0 Å². The van der Waals surface area contributed by atoms with Crippen molar-refractivity contribution in [2.45, 2.75) is 25.0 Å². The van der Waals surface area contributed by atoms with Crippen LogP contribution in [0.2, 0.25) is 0 Å². The van der Waals surface area contributed by atoms with E-state index in [1.54, 1.807) is 36.4 Å². The predicted molar refractivity (Wildman–Crippen MR) is 118 cm³/mol. The van der Waals surface area contributed by atoms with Gasteiger partial charge >= 0.3 is 0 Å². The Kier molecular flexibility index (Phi) is 7.12. The minimum absolute atomic E-state index is 0.201. The Labute approximate surface area is 178 Å². The monoisotopic (exact) mass is 431 g/mol. The number of carbonyl (C=O) groups is 1. The first-order chi connectivity index (χ1) is 14.2. The van der Waals surface area contributed by atoms with Crippen LogP contribution in [0.5, 0.6) is 5.75 Å². The van der Waals surface area contributed by atoms with Crippen LogP contribution in [0.15, 0.2) is 54.6 Å². The van der Waals surface area contributed by atoms with Gasteiger partial charge < -0.3 is 15.0 Å². The van der Waals surface area contributed by atoms with Crippen LogP contribution in [0.1, 0.15) is 24.4 Å². The molecule has 1 fully saturated rings. The maximum absolute atomic E-state index is 13.0. The van der Waals surface area contributed by atoms with Gasteiger partial charge in [-0.05, 0) is 49.7 Å². The Morgan fingerprint density at radius 1 is 1.10 bits per heavy atom. The summed E-state index contributed by atoms with van der Waals surface area (Å²) >= 11 is 0. The van der Waals surface area contributed by atoms with E-state index in [0.717, 1.165) is 42.2 Å². The lowest BCUT2D eigenvalue weighted by atomic mass is 10.1. The van der Waals surface area contributed by atoms with Gasteiger partial charge in [-0.15, -0.1) is 0 Å². The van der Waals surface area contributed by atoms with Crippen molar-refractivity contribution in [3.8, 4) is 5.75 Å². The molecule has 30 heavy (non-hydrogen) atoms. The van der Waals surface area contributed by atoms with Crippen LogP contribution in [0.25, 0.3) is 0 Å². The SMILES string of the molecule is CN1CCC(Oc2ccc(NC(=O)[C@@H](c3ccccc3)N(C)S(C)(=O)=O)cc2)CC1. The van der Waals surface area contributed by atoms with Gasteiger partial charge in [0.05, 0.1) is 6.26 Å². The number of carbonyl (C=O) groups excluding carboxylic acids is 1. The van der Waals surface area contributed by atoms with Gasteiger partial charge in [-0.25, -0.2) is 8.42 Å². The lowest BCUT2D eigenvalue weighted by Crippen LogP contribution is -2.38. The number of likely N-dealkylation sites (tertiary alicyclic amines) is 1. The molecule has 8 heteroatoms. The fraction of sp³-hybridized carbons (Fsp3) is 0.409. The normalized spacial score (nSPS) is 16.9. The van der Waals surface area contributed by atoms with Crippen LogP contribution in [-0.4, -0.2) is 63.1 Å². The number of ether oxygens (including phenoxy) is 1. The van der Waals surface area contributed by atoms with E-state index < -0.39 is 22.0 Å². The van der Waals surface area contributed by atoms with E-state index in [2.05, 4.69) is 17.3 Å². The first-order valence-electron chi connectivity index (χ1n) is 9.98. The van der Waals surface area contributed by atoms with E-state index in [-0.39, 0.29) is 6.10 Å². The van der Waals surface area contributed by atoms with Crippen LogP contribution >= 0.6 is 0 Å². The minimum Gasteiger partial charge on any atom is -0.490 e. The molecule has 2 aromatic carbocycles. The summed E-state index contributed by atoms with van der Waals surface area (Å²) < 4.78 is 31.3. The maximum Gasteiger partial charge on any atom is 0.247 e. The van der Waals surface area contributed by atoms with Gasteiger partial charge in [0.2, 0.25) is 15.9 Å². The third-order valence-electron chi connectivity index (χ3n) is 5.34. The van der Waals surface area contributed by atoms with E-state index in [1.807, 2.05) is 18.2 Å². The molecule has 1 saturated heterocycles. The number of piperidine rings is 1. The van der Waals surface area contributed by atoms with Crippen LogP contribution in [0, 0.1) is 0 Å². The summed E-state index contributed by atoms with van der Waals surface area (Å²) in [6, 6.07) is 15.1. The number of benzene rings is 2. The number of likely N-dealkylation sites (N-methyl/N-ethyl adjacent to an activating group) is 1. The number of sulfonamides is 1. The lowest BCUT2D eigenvalue weighted by molar-refractivity contribution is -0.119.